The molecule has 0 fully saturated rings. The van der Waals surface area contributed by atoms with Gasteiger partial charge in [0, 0.05) is 5.56 Å². The minimum atomic E-state index is -0.0601. The van der Waals surface area contributed by atoms with Gasteiger partial charge in [0.05, 0.1) is 6.54 Å². The summed E-state index contributed by atoms with van der Waals surface area (Å²) in [4.78, 5) is 10.1. The van der Waals surface area contributed by atoms with Crippen molar-refractivity contribution in [3.05, 3.63) is 35.9 Å². The lowest BCUT2D eigenvalue weighted by Crippen LogP contribution is -2.30. The van der Waals surface area contributed by atoms with E-state index in [4.69, 9.17) is 4.74 Å². The molecular formula is C11H11NO2. The Morgan fingerprint density at radius 2 is 2.29 bits per heavy atom. The fourth-order valence-corrected chi connectivity index (χ4v) is 1.41. The number of fused-ring (bicyclic) bond motifs is 1. The van der Waals surface area contributed by atoms with Crippen LogP contribution in [0.25, 0.3) is 6.08 Å². The SMILES string of the molecule is O=CNCC1C=Cc2ccccc2O1. The van der Waals surface area contributed by atoms with Gasteiger partial charge in [0.15, 0.2) is 0 Å². The van der Waals surface area contributed by atoms with Gasteiger partial charge in [-0.25, -0.2) is 0 Å². The molecule has 0 aliphatic carbocycles. The Balaban J connectivity index is 2.09. The molecule has 0 spiro atoms. The molecule has 14 heavy (non-hydrogen) atoms. The van der Waals surface area contributed by atoms with Crippen LogP contribution in [0, 0.1) is 0 Å². The molecule has 0 aromatic heterocycles. The van der Waals surface area contributed by atoms with Gasteiger partial charge in [0.1, 0.15) is 11.9 Å². The second-order valence-electron chi connectivity index (χ2n) is 3.08. The third-order valence-electron chi connectivity index (χ3n) is 2.09. The molecule has 1 unspecified atom stereocenters. The van der Waals surface area contributed by atoms with Crippen molar-refractivity contribution in [1.29, 1.82) is 0 Å². The number of para-hydroxylation sites is 1. The Labute approximate surface area is 82.4 Å². The summed E-state index contributed by atoms with van der Waals surface area (Å²) in [5, 5.41) is 2.59. The van der Waals surface area contributed by atoms with Crippen molar-refractivity contribution in [3.63, 3.8) is 0 Å². The van der Waals surface area contributed by atoms with E-state index in [0.717, 1.165) is 11.3 Å². The Morgan fingerprint density at radius 1 is 1.43 bits per heavy atom. The lowest BCUT2D eigenvalue weighted by molar-refractivity contribution is -0.109. The first-order valence-corrected chi connectivity index (χ1v) is 4.51. The van der Waals surface area contributed by atoms with Crippen LogP contribution in [-0.2, 0) is 4.79 Å². The second kappa shape index (κ2) is 3.96. The monoisotopic (exact) mass is 189 g/mol. The highest BCUT2D eigenvalue weighted by Gasteiger charge is 2.12. The van der Waals surface area contributed by atoms with Crippen molar-refractivity contribution in [1.82, 2.24) is 5.32 Å². The topological polar surface area (TPSA) is 38.3 Å². The maximum absolute atomic E-state index is 10.1. The van der Waals surface area contributed by atoms with Gasteiger partial charge in [0.2, 0.25) is 6.41 Å². The standard InChI is InChI=1S/C11H11NO2/c13-8-12-7-10-6-5-9-3-1-2-4-11(9)14-10/h1-6,8,10H,7H2,(H,12,13). The van der Waals surface area contributed by atoms with Gasteiger partial charge >= 0.3 is 0 Å². The molecule has 1 aromatic carbocycles. The average Bonchev–Trinajstić information content (AvgIpc) is 2.26. The van der Waals surface area contributed by atoms with Gasteiger partial charge < -0.3 is 10.1 Å². The lowest BCUT2D eigenvalue weighted by atomic mass is 10.1. The van der Waals surface area contributed by atoms with Gasteiger partial charge in [-0.15, -0.1) is 0 Å². The van der Waals surface area contributed by atoms with Gasteiger partial charge in [-0.05, 0) is 12.1 Å². The predicted octanol–water partition coefficient (Wildman–Crippen LogP) is 1.21. The summed E-state index contributed by atoms with van der Waals surface area (Å²) in [7, 11) is 0. The highest BCUT2D eigenvalue weighted by molar-refractivity contribution is 5.60. The molecule has 1 amide bonds. The minimum Gasteiger partial charge on any atom is -0.484 e. The average molecular weight is 189 g/mol. The molecule has 72 valence electrons. The van der Waals surface area contributed by atoms with Crippen molar-refractivity contribution < 1.29 is 9.53 Å². The van der Waals surface area contributed by atoms with E-state index >= 15 is 0 Å². The fraction of sp³-hybridized carbons (Fsp3) is 0.182. The summed E-state index contributed by atoms with van der Waals surface area (Å²) in [6.07, 6.45) is 4.57. The summed E-state index contributed by atoms with van der Waals surface area (Å²) in [5.74, 6) is 0.868. The summed E-state index contributed by atoms with van der Waals surface area (Å²) >= 11 is 0. The number of carbonyl (C=O) groups is 1. The molecule has 1 aromatic rings. The van der Waals surface area contributed by atoms with E-state index in [-0.39, 0.29) is 6.10 Å². The van der Waals surface area contributed by atoms with Crippen LogP contribution in [0.3, 0.4) is 0 Å². The molecule has 0 saturated carbocycles. The number of rotatable bonds is 3. The Bertz CT molecular complexity index is 360. The normalized spacial score (nSPS) is 18.1. The van der Waals surface area contributed by atoms with Crippen LogP contribution in [0.15, 0.2) is 30.3 Å². The van der Waals surface area contributed by atoms with Gasteiger partial charge in [-0.2, -0.15) is 0 Å². The molecule has 1 aliphatic rings. The first-order valence-electron chi connectivity index (χ1n) is 4.51. The maximum atomic E-state index is 10.1. The molecule has 3 heteroatoms. The summed E-state index contributed by atoms with van der Waals surface area (Å²) in [5.41, 5.74) is 1.08. The van der Waals surface area contributed by atoms with E-state index in [1.165, 1.54) is 0 Å². The first kappa shape index (κ1) is 8.81. The summed E-state index contributed by atoms with van der Waals surface area (Å²) in [6.45, 7) is 0.508. The largest absolute Gasteiger partial charge is 0.484 e. The number of hydrogen-bond donors (Lipinski definition) is 1. The van der Waals surface area contributed by atoms with Crippen LogP contribution in [0.1, 0.15) is 5.56 Å². The van der Waals surface area contributed by atoms with E-state index in [1.54, 1.807) is 0 Å². The number of nitrogens with one attached hydrogen (secondary N) is 1. The molecule has 1 aliphatic heterocycles. The molecule has 0 radical (unpaired) electrons. The zero-order valence-corrected chi connectivity index (χ0v) is 7.64. The predicted molar refractivity (Wildman–Crippen MR) is 54.0 cm³/mol. The lowest BCUT2D eigenvalue weighted by Gasteiger charge is -2.20. The van der Waals surface area contributed by atoms with Crippen LogP contribution < -0.4 is 10.1 Å². The zero-order chi connectivity index (χ0) is 9.80. The number of amides is 1. The van der Waals surface area contributed by atoms with Crippen molar-refractivity contribution in [2.24, 2.45) is 0 Å². The molecule has 3 nitrogen and oxygen atoms in total. The van der Waals surface area contributed by atoms with E-state index in [9.17, 15) is 4.79 Å². The molecule has 2 rings (SSSR count). The van der Waals surface area contributed by atoms with Crippen molar-refractivity contribution >= 4 is 12.5 Å². The third-order valence-corrected chi connectivity index (χ3v) is 2.09. The van der Waals surface area contributed by atoms with Crippen LogP contribution in [0.4, 0.5) is 0 Å². The fourth-order valence-electron chi connectivity index (χ4n) is 1.41. The smallest absolute Gasteiger partial charge is 0.207 e. The highest BCUT2D eigenvalue weighted by atomic mass is 16.5. The van der Waals surface area contributed by atoms with Crippen LogP contribution in [0.2, 0.25) is 0 Å². The molecule has 0 bridgehead atoms. The Kier molecular flexibility index (Phi) is 2.49. The van der Waals surface area contributed by atoms with Crippen molar-refractivity contribution in [2.45, 2.75) is 6.10 Å². The maximum Gasteiger partial charge on any atom is 0.207 e. The summed E-state index contributed by atoms with van der Waals surface area (Å²) in [6, 6.07) is 7.82. The summed E-state index contributed by atoms with van der Waals surface area (Å²) < 4.78 is 5.63. The minimum absolute atomic E-state index is 0.0601. The van der Waals surface area contributed by atoms with Gasteiger partial charge in [-0.3, -0.25) is 4.79 Å². The van der Waals surface area contributed by atoms with Gasteiger partial charge in [-0.1, -0.05) is 24.3 Å². The third kappa shape index (κ3) is 1.76. The molecule has 1 atom stereocenters. The van der Waals surface area contributed by atoms with Gasteiger partial charge in [0.25, 0.3) is 0 Å². The van der Waals surface area contributed by atoms with E-state index in [0.29, 0.717) is 13.0 Å². The van der Waals surface area contributed by atoms with E-state index in [1.807, 2.05) is 36.4 Å². The van der Waals surface area contributed by atoms with Crippen LogP contribution >= 0.6 is 0 Å². The number of carbonyl (C=O) groups excluding carboxylic acids is 1. The van der Waals surface area contributed by atoms with Crippen LogP contribution in [-0.4, -0.2) is 19.1 Å². The Morgan fingerprint density at radius 3 is 3.14 bits per heavy atom. The number of benzene rings is 1. The second-order valence-corrected chi connectivity index (χ2v) is 3.08. The van der Waals surface area contributed by atoms with E-state index < -0.39 is 0 Å². The highest BCUT2D eigenvalue weighted by Crippen LogP contribution is 2.24. The van der Waals surface area contributed by atoms with Crippen molar-refractivity contribution in [2.75, 3.05) is 6.54 Å². The Hall–Kier alpha value is -1.77. The van der Waals surface area contributed by atoms with Crippen LogP contribution in [0.5, 0.6) is 5.75 Å². The zero-order valence-electron chi connectivity index (χ0n) is 7.64. The number of ether oxygens (including phenoxy) is 1. The van der Waals surface area contributed by atoms with E-state index in [2.05, 4.69) is 5.32 Å². The molecule has 1 heterocycles. The molecule has 0 saturated heterocycles. The van der Waals surface area contributed by atoms with Crippen molar-refractivity contribution in [3.8, 4) is 5.75 Å². The molecular weight excluding hydrogens is 178 g/mol. The molecule has 1 N–H and O–H groups in total. The number of hydrogen-bond acceptors (Lipinski definition) is 2. The first-order chi connectivity index (χ1) is 6.90. The quantitative estimate of drug-likeness (QED) is 0.726.